The van der Waals surface area contributed by atoms with Crippen molar-refractivity contribution in [2.24, 2.45) is 4.99 Å². The first kappa shape index (κ1) is 21.1. The first-order valence-corrected chi connectivity index (χ1v) is 10.9. The standard InChI is InChI=1S/C19H31N5OS.HI/c1-2-20-19(21-13-17-14-24-7-3-5-16(24)15-25-17)23-10-8-22(9-11-23)18-6-4-12-26-18;/h4,6,12,16-17H,2-3,5,7-11,13-15H2,1H3,(H,20,21);1H. The molecular weight excluding hydrogens is 473 g/mol. The SMILES string of the molecule is CCNC(=NCC1CN2CCCC2CO1)N1CCN(c2cccs2)CC1.I. The van der Waals surface area contributed by atoms with Crippen LogP contribution in [-0.2, 0) is 4.74 Å². The normalized spacial score (nSPS) is 26.6. The van der Waals surface area contributed by atoms with Gasteiger partial charge in [-0.15, -0.1) is 35.3 Å². The van der Waals surface area contributed by atoms with Crippen LogP contribution < -0.4 is 10.2 Å². The Morgan fingerprint density at radius 1 is 1.30 bits per heavy atom. The number of halogens is 1. The van der Waals surface area contributed by atoms with Gasteiger partial charge >= 0.3 is 0 Å². The lowest BCUT2D eigenvalue weighted by atomic mass is 10.2. The molecule has 2 atom stereocenters. The fourth-order valence-corrected chi connectivity index (χ4v) is 4.98. The summed E-state index contributed by atoms with van der Waals surface area (Å²) in [6.07, 6.45) is 2.86. The van der Waals surface area contributed by atoms with E-state index in [1.165, 1.54) is 24.4 Å². The average molecular weight is 505 g/mol. The molecule has 0 aromatic carbocycles. The maximum atomic E-state index is 6.07. The van der Waals surface area contributed by atoms with Crippen LogP contribution in [0.5, 0.6) is 0 Å². The van der Waals surface area contributed by atoms with Crippen LogP contribution in [0.2, 0.25) is 0 Å². The van der Waals surface area contributed by atoms with Gasteiger partial charge in [0.25, 0.3) is 0 Å². The summed E-state index contributed by atoms with van der Waals surface area (Å²) in [6.45, 7) is 11.1. The molecule has 4 rings (SSSR count). The average Bonchev–Trinajstić information content (AvgIpc) is 3.36. The largest absolute Gasteiger partial charge is 0.373 e. The van der Waals surface area contributed by atoms with Crippen molar-refractivity contribution in [3.05, 3.63) is 17.5 Å². The highest BCUT2D eigenvalue weighted by molar-refractivity contribution is 14.0. The van der Waals surface area contributed by atoms with E-state index in [0.29, 0.717) is 6.04 Å². The van der Waals surface area contributed by atoms with Gasteiger partial charge in [0.1, 0.15) is 0 Å². The number of piperazine rings is 1. The van der Waals surface area contributed by atoms with Crippen molar-refractivity contribution >= 4 is 46.3 Å². The van der Waals surface area contributed by atoms with E-state index in [1.807, 2.05) is 11.3 Å². The van der Waals surface area contributed by atoms with Crippen molar-refractivity contribution in [3.63, 3.8) is 0 Å². The number of rotatable bonds is 4. The van der Waals surface area contributed by atoms with E-state index < -0.39 is 0 Å². The second-order valence-electron chi connectivity index (χ2n) is 7.37. The Hall–Kier alpha value is -0.580. The topological polar surface area (TPSA) is 43.3 Å². The molecule has 6 nitrogen and oxygen atoms in total. The monoisotopic (exact) mass is 505 g/mol. The second-order valence-corrected chi connectivity index (χ2v) is 8.29. The molecule has 4 heterocycles. The smallest absolute Gasteiger partial charge is 0.194 e. The molecule has 8 heteroatoms. The van der Waals surface area contributed by atoms with Crippen molar-refractivity contribution in [1.29, 1.82) is 0 Å². The van der Waals surface area contributed by atoms with E-state index in [0.717, 1.165) is 58.4 Å². The predicted molar refractivity (Wildman–Crippen MR) is 124 cm³/mol. The summed E-state index contributed by atoms with van der Waals surface area (Å²) in [4.78, 5) is 12.4. The van der Waals surface area contributed by atoms with Gasteiger partial charge < -0.3 is 19.9 Å². The maximum Gasteiger partial charge on any atom is 0.194 e. The van der Waals surface area contributed by atoms with Gasteiger partial charge in [-0.2, -0.15) is 0 Å². The fourth-order valence-electron chi connectivity index (χ4n) is 4.20. The Bertz CT molecular complexity index is 591. The van der Waals surface area contributed by atoms with Crippen molar-refractivity contribution in [1.82, 2.24) is 15.1 Å². The third kappa shape index (κ3) is 5.27. The lowest BCUT2D eigenvalue weighted by molar-refractivity contribution is -0.0432. The molecule has 1 aromatic rings. The number of morpholine rings is 1. The number of hydrogen-bond donors (Lipinski definition) is 1. The summed E-state index contributed by atoms with van der Waals surface area (Å²) in [5.41, 5.74) is 0. The number of guanidine groups is 1. The molecular formula is C19H32IN5OS. The van der Waals surface area contributed by atoms with Crippen LogP contribution >= 0.6 is 35.3 Å². The Kier molecular flexibility index (Phi) is 8.04. The molecule has 3 fully saturated rings. The predicted octanol–water partition coefficient (Wildman–Crippen LogP) is 2.32. The lowest BCUT2D eigenvalue weighted by Crippen LogP contribution is -2.53. The molecule has 0 spiro atoms. The van der Waals surface area contributed by atoms with Crippen molar-refractivity contribution in [3.8, 4) is 0 Å². The van der Waals surface area contributed by atoms with E-state index in [2.05, 4.69) is 44.5 Å². The minimum absolute atomic E-state index is 0. The number of anilines is 1. The van der Waals surface area contributed by atoms with Crippen molar-refractivity contribution in [2.45, 2.75) is 31.9 Å². The summed E-state index contributed by atoms with van der Waals surface area (Å²) in [6, 6.07) is 5.01. The highest BCUT2D eigenvalue weighted by Gasteiger charge is 2.32. The number of aliphatic imine (C=N–C) groups is 1. The Morgan fingerprint density at radius 2 is 2.15 bits per heavy atom. The molecule has 0 aliphatic carbocycles. The zero-order valence-electron chi connectivity index (χ0n) is 16.2. The second kappa shape index (κ2) is 10.3. The number of fused-ring (bicyclic) bond motifs is 1. The quantitative estimate of drug-likeness (QED) is 0.387. The number of nitrogens with one attached hydrogen (secondary N) is 1. The maximum absolute atomic E-state index is 6.07. The van der Waals surface area contributed by atoms with E-state index in [9.17, 15) is 0 Å². The number of thiophene rings is 1. The van der Waals surface area contributed by atoms with Crippen LogP contribution in [0.1, 0.15) is 19.8 Å². The van der Waals surface area contributed by atoms with Crippen LogP contribution in [0.15, 0.2) is 22.5 Å². The third-order valence-corrected chi connectivity index (χ3v) is 6.57. The van der Waals surface area contributed by atoms with Crippen molar-refractivity contribution in [2.75, 3.05) is 63.9 Å². The Morgan fingerprint density at radius 3 is 2.89 bits per heavy atom. The van der Waals surface area contributed by atoms with E-state index >= 15 is 0 Å². The van der Waals surface area contributed by atoms with Crippen LogP contribution in [0, 0.1) is 0 Å². The fraction of sp³-hybridized carbons (Fsp3) is 0.737. The highest BCUT2D eigenvalue weighted by atomic mass is 127. The van der Waals surface area contributed by atoms with E-state index in [-0.39, 0.29) is 30.1 Å². The lowest BCUT2D eigenvalue weighted by Gasteiger charge is -2.37. The molecule has 152 valence electrons. The minimum Gasteiger partial charge on any atom is -0.373 e. The minimum atomic E-state index is 0. The molecule has 3 aliphatic heterocycles. The van der Waals surface area contributed by atoms with E-state index in [1.54, 1.807) is 0 Å². The molecule has 1 N–H and O–H groups in total. The summed E-state index contributed by atoms with van der Waals surface area (Å²) in [5.74, 6) is 1.05. The summed E-state index contributed by atoms with van der Waals surface area (Å²) >= 11 is 1.83. The van der Waals surface area contributed by atoms with Crippen molar-refractivity contribution < 1.29 is 4.74 Å². The molecule has 0 saturated carbocycles. The van der Waals surface area contributed by atoms with Crippen LogP contribution in [0.3, 0.4) is 0 Å². The molecule has 27 heavy (non-hydrogen) atoms. The van der Waals surface area contributed by atoms with Gasteiger partial charge in [0.05, 0.1) is 24.3 Å². The molecule has 3 aliphatic rings. The molecule has 0 amide bonds. The van der Waals surface area contributed by atoms with Gasteiger partial charge in [0.15, 0.2) is 5.96 Å². The van der Waals surface area contributed by atoms with E-state index in [4.69, 9.17) is 9.73 Å². The highest BCUT2D eigenvalue weighted by Crippen LogP contribution is 2.23. The van der Waals surface area contributed by atoms with Gasteiger partial charge in [0.2, 0.25) is 0 Å². The number of nitrogens with zero attached hydrogens (tertiary/aromatic N) is 4. The molecule has 0 radical (unpaired) electrons. The third-order valence-electron chi connectivity index (χ3n) is 5.64. The Balaban J connectivity index is 0.00000210. The zero-order valence-corrected chi connectivity index (χ0v) is 19.3. The molecule has 3 saturated heterocycles. The summed E-state index contributed by atoms with van der Waals surface area (Å²) in [7, 11) is 0. The van der Waals surface area contributed by atoms with Crippen LogP contribution in [0.4, 0.5) is 5.00 Å². The van der Waals surface area contributed by atoms with Gasteiger partial charge in [-0.1, -0.05) is 0 Å². The molecule has 0 bridgehead atoms. The summed E-state index contributed by atoms with van der Waals surface area (Å²) < 4.78 is 6.07. The summed E-state index contributed by atoms with van der Waals surface area (Å²) in [5, 5.41) is 7.01. The van der Waals surface area contributed by atoms with Gasteiger partial charge in [-0.25, -0.2) is 0 Å². The molecule has 2 unspecified atom stereocenters. The first-order valence-electron chi connectivity index (χ1n) is 10.0. The first-order chi connectivity index (χ1) is 12.8. The van der Waals surface area contributed by atoms with Gasteiger partial charge in [-0.3, -0.25) is 9.89 Å². The number of ether oxygens (including phenoxy) is 1. The molecule has 1 aromatic heterocycles. The zero-order chi connectivity index (χ0) is 17.8. The Labute approximate surface area is 184 Å². The van der Waals surface area contributed by atoms with Crippen LogP contribution in [0.25, 0.3) is 0 Å². The van der Waals surface area contributed by atoms with Crippen LogP contribution in [-0.4, -0.2) is 86.9 Å². The van der Waals surface area contributed by atoms with Gasteiger partial charge in [-0.05, 0) is 43.8 Å². The van der Waals surface area contributed by atoms with Gasteiger partial charge in [0, 0.05) is 45.3 Å². The number of hydrogen-bond acceptors (Lipinski definition) is 5.